The van der Waals surface area contributed by atoms with Crippen molar-refractivity contribution in [2.75, 3.05) is 6.79 Å². The fourth-order valence-electron chi connectivity index (χ4n) is 1.70. The standard InChI is InChI=1S/C14H12O2.C4H10O2/c15-13(11-7-3-1-4-8-11)14(16)12-9-5-2-6-10-12;1-4(2)6-3-5/h1-10,13,15H;4-5H,3H2,1-2H3. The highest BCUT2D eigenvalue weighted by atomic mass is 16.6. The van der Waals surface area contributed by atoms with Gasteiger partial charge in [0.1, 0.15) is 12.9 Å². The van der Waals surface area contributed by atoms with Crippen molar-refractivity contribution in [3.05, 3.63) is 71.8 Å². The van der Waals surface area contributed by atoms with Gasteiger partial charge in [0, 0.05) is 5.56 Å². The number of ketones is 1. The molecule has 22 heavy (non-hydrogen) atoms. The molecule has 0 saturated carbocycles. The van der Waals surface area contributed by atoms with Crippen LogP contribution in [0.1, 0.15) is 35.9 Å². The lowest BCUT2D eigenvalue weighted by Crippen LogP contribution is -2.11. The van der Waals surface area contributed by atoms with Crippen molar-refractivity contribution in [1.82, 2.24) is 0 Å². The van der Waals surface area contributed by atoms with Crippen LogP contribution in [0.4, 0.5) is 0 Å². The average molecular weight is 302 g/mol. The first-order chi connectivity index (χ1) is 10.6. The number of aliphatic hydroxyl groups is 2. The van der Waals surface area contributed by atoms with Gasteiger partial charge in [0.15, 0.2) is 5.78 Å². The van der Waals surface area contributed by atoms with Gasteiger partial charge in [-0.25, -0.2) is 0 Å². The Hall–Kier alpha value is -2.01. The molecule has 0 aliphatic rings. The summed E-state index contributed by atoms with van der Waals surface area (Å²) >= 11 is 0. The Morgan fingerprint density at radius 3 is 1.91 bits per heavy atom. The number of carbonyl (C=O) groups is 1. The number of Topliss-reactive ketones (excluding diaryl/α,β-unsaturated/α-hetero) is 1. The predicted octanol–water partition coefficient (Wildman–Crippen LogP) is 2.96. The van der Waals surface area contributed by atoms with Crippen LogP contribution in [-0.2, 0) is 4.74 Å². The van der Waals surface area contributed by atoms with Gasteiger partial charge in [0.05, 0.1) is 6.10 Å². The second-order valence-corrected chi connectivity index (χ2v) is 4.89. The fraction of sp³-hybridized carbons (Fsp3) is 0.278. The lowest BCUT2D eigenvalue weighted by Gasteiger charge is -2.09. The van der Waals surface area contributed by atoms with E-state index in [-0.39, 0.29) is 18.7 Å². The van der Waals surface area contributed by atoms with Crippen molar-refractivity contribution in [3.63, 3.8) is 0 Å². The molecule has 1 atom stereocenters. The third kappa shape index (κ3) is 6.18. The average Bonchev–Trinajstić information content (AvgIpc) is 2.55. The maximum Gasteiger partial charge on any atom is 0.195 e. The van der Waals surface area contributed by atoms with E-state index in [4.69, 9.17) is 5.11 Å². The molecule has 0 amide bonds. The van der Waals surface area contributed by atoms with Crippen LogP contribution in [0.2, 0.25) is 0 Å². The van der Waals surface area contributed by atoms with Gasteiger partial charge < -0.3 is 14.9 Å². The van der Waals surface area contributed by atoms with Gasteiger partial charge in [-0.2, -0.15) is 0 Å². The quantitative estimate of drug-likeness (QED) is 0.658. The van der Waals surface area contributed by atoms with Gasteiger partial charge in [0.2, 0.25) is 0 Å². The van der Waals surface area contributed by atoms with Gasteiger partial charge in [0.25, 0.3) is 0 Å². The van der Waals surface area contributed by atoms with Gasteiger partial charge in [-0.05, 0) is 19.4 Å². The fourth-order valence-corrected chi connectivity index (χ4v) is 1.70. The maximum atomic E-state index is 11.9. The zero-order valence-electron chi connectivity index (χ0n) is 12.8. The maximum absolute atomic E-state index is 11.9. The van der Waals surface area contributed by atoms with Crippen LogP contribution in [0.5, 0.6) is 0 Å². The lowest BCUT2D eigenvalue weighted by atomic mass is 10.0. The van der Waals surface area contributed by atoms with E-state index in [2.05, 4.69) is 4.74 Å². The molecule has 2 rings (SSSR count). The first-order valence-electron chi connectivity index (χ1n) is 7.11. The van der Waals surface area contributed by atoms with Crippen molar-refractivity contribution in [2.24, 2.45) is 0 Å². The number of rotatable bonds is 5. The van der Waals surface area contributed by atoms with Gasteiger partial charge in [-0.15, -0.1) is 0 Å². The summed E-state index contributed by atoms with van der Waals surface area (Å²) in [6.07, 6.45) is -0.932. The van der Waals surface area contributed by atoms with Gasteiger partial charge in [-0.3, -0.25) is 4.79 Å². The molecule has 0 radical (unpaired) electrons. The summed E-state index contributed by atoms with van der Waals surface area (Å²) in [6, 6.07) is 17.7. The lowest BCUT2D eigenvalue weighted by molar-refractivity contribution is -0.0346. The Labute approximate surface area is 131 Å². The number of benzene rings is 2. The van der Waals surface area contributed by atoms with Crippen molar-refractivity contribution in [1.29, 1.82) is 0 Å². The summed E-state index contributed by atoms with van der Waals surface area (Å²) in [7, 11) is 0. The van der Waals surface area contributed by atoms with E-state index in [0.717, 1.165) is 0 Å². The molecule has 0 heterocycles. The molecular weight excluding hydrogens is 280 g/mol. The molecule has 4 nitrogen and oxygen atoms in total. The van der Waals surface area contributed by atoms with Crippen LogP contribution in [-0.4, -0.2) is 28.9 Å². The number of ether oxygens (including phenoxy) is 1. The van der Waals surface area contributed by atoms with Crippen LogP contribution < -0.4 is 0 Å². The van der Waals surface area contributed by atoms with Crippen molar-refractivity contribution >= 4 is 5.78 Å². The third-order valence-corrected chi connectivity index (χ3v) is 2.83. The Bertz CT molecular complexity index is 538. The van der Waals surface area contributed by atoms with E-state index in [0.29, 0.717) is 11.1 Å². The van der Waals surface area contributed by atoms with Crippen molar-refractivity contribution in [3.8, 4) is 0 Å². The molecule has 4 heteroatoms. The summed E-state index contributed by atoms with van der Waals surface area (Å²) < 4.78 is 4.60. The number of aliphatic hydroxyl groups excluding tert-OH is 2. The van der Waals surface area contributed by atoms with E-state index in [1.807, 2.05) is 26.0 Å². The minimum Gasteiger partial charge on any atom is -0.380 e. The van der Waals surface area contributed by atoms with E-state index >= 15 is 0 Å². The molecule has 0 spiro atoms. The summed E-state index contributed by atoms with van der Waals surface area (Å²) in [4.78, 5) is 11.9. The molecule has 2 aromatic carbocycles. The summed E-state index contributed by atoms with van der Waals surface area (Å²) in [5.41, 5.74) is 1.15. The predicted molar refractivity (Wildman–Crippen MR) is 85.5 cm³/mol. The summed E-state index contributed by atoms with van der Waals surface area (Å²) in [6.45, 7) is 3.57. The minimum atomic E-state index is -1.08. The third-order valence-electron chi connectivity index (χ3n) is 2.83. The largest absolute Gasteiger partial charge is 0.380 e. The summed E-state index contributed by atoms with van der Waals surface area (Å²) in [5.74, 6) is -0.271. The van der Waals surface area contributed by atoms with Crippen LogP contribution in [0.15, 0.2) is 60.7 Å². The molecule has 0 fully saturated rings. The van der Waals surface area contributed by atoms with Crippen molar-refractivity contribution in [2.45, 2.75) is 26.1 Å². The zero-order valence-corrected chi connectivity index (χ0v) is 12.8. The Morgan fingerprint density at radius 1 is 1.00 bits per heavy atom. The van der Waals surface area contributed by atoms with Crippen LogP contribution in [0, 0.1) is 0 Å². The van der Waals surface area contributed by atoms with E-state index < -0.39 is 6.10 Å². The molecule has 2 aromatic rings. The van der Waals surface area contributed by atoms with Crippen LogP contribution in [0.3, 0.4) is 0 Å². The normalized spacial score (nSPS) is 11.5. The molecule has 0 aliphatic carbocycles. The van der Waals surface area contributed by atoms with E-state index in [9.17, 15) is 9.90 Å². The molecule has 1 unspecified atom stereocenters. The van der Waals surface area contributed by atoms with E-state index in [1.54, 1.807) is 48.5 Å². The SMILES string of the molecule is CC(C)OCO.O=C(c1ccccc1)C(O)c1ccccc1. The van der Waals surface area contributed by atoms with Gasteiger partial charge in [-0.1, -0.05) is 60.7 Å². The summed E-state index contributed by atoms with van der Waals surface area (Å²) in [5, 5.41) is 17.9. The Morgan fingerprint density at radius 2 is 1.50 bits per heavy atom. The molecule has 0 aliphatic heterocycles. The molecule has 0 bridgehead atoms. The topological polar surface area (TPSA) is 66.8 Å². The van der Waals surface area contributed by atoms with Crippen LogP contribution in [0.25, 0.3) is 0 Å². The number of hydrogen-bond donors (Lipinski definition) is 2. The first kappa shape index (κ1) is 18.0. The number of carbonyl (C=O) groups excluding carboxylic acids is 1. The molecule has 0 aromatic heterocycles. The monoisotopic (exact) mass is 302 g/mol. The Balaban J connectivity index is 0.000000346. The van der Waals surface area contributed by atoms with E-state index in [1.165, 1.54) is 0 Å². The second kappa shape index (κ2) is 9.84. The minimum absolute atomic E-state index is 0.148. The molecule has 0 saturated heterocycles. The molecular formula is C18H22O4. The Kier molecular flexibility index (Phi) is 8.07. The molecule has 2 N–H and O–H groups in total. The first-order valence-corrected chi connectivity index (χ1v) is 7.11. The molecule has 118 valence electrons. The second-order valence-electron chi connectivity index (χ2n) is 4.89. The smallest absolute Gasteiger partial charge is 0.195 e. The number of hydrogen-bond acceptors (Lipinski definition) is 4. The van der Waals surface area contributed by atoms with Crippen LogP contribution >= 0.6 is 0 Å². The van der Waals surface area contributed by atoms with Crippen molar-refractivity contribution < 1.29 is 19.7 Å². The van der Waals surface area contributed by atoms with Gasteiger partial charge >= 0.3 is 0 Å². The highest BCUT2D eigenvalue weighted by Crippen LogP contribution is 2.17. The highest BCUT2D eigenvalue weighted by Gasteiger charge is 2.18. The highest BCUT2D eigenvalue weighted by molar-refractivity contribution is 5.99. The zero-order chi connectivity index (χ0) is 16.4.